The second kappa shape index (κ2) is 7.03. The first-order valence-electron chi connectivity index (χ1n) is 6.58. The lowest BCUT2D eigenvalue weighted by atomic mass is 10.1. The summed E-state index contributed by atoms with van der Waals surface area (Å²) in [7, 11) is 0.606. The lowest BCUT2D eigenvalue weighted by molar-refractivity contribution is -0.145. The van der Waals surface area contributed by atoms with E-state index in [4.69, 9.17) is 0 Å². The third kappa shape index (κ3) is 3.69. The maximum Gasteiger partial charge on any atom is 0.310 e. The normalized spacial score (nSPS) is 22.8. The second-order valence-corrected chi connectivity index (χ2v) is 7.15. The zero-order valence-electron chi connectivity index (χ0n) is 12.1. The Bertz CT molecular complexity index is 462. The number of esters is 1. The molecule has 0 aromatic heterocycles. The molecule has 0 bridgehead atoms. The topological polar surface area (TPSA) is 92.8 Å². The summed E-state index contributed by atoms with van der Waals surface area (Å²) in [6.07, 6.45) is 1.76. The van der Waals surface area contributed by atoms with E-state index in [1.807, 2.05) is 0 Å². The van der Waals surface area contributed by atoms with Crippen LogP contribution in [0.15, 0.2) is 0 Å². The van der Waals surface area contributed by atoms with Crippen molar-refractivity contribution in [2.24, 2.45) is 5.92 Å². The average molecular weight is 306 g/mol. The molecule has 8 heteroatoms. The fraction of sp³-hybridized carbons (Fsp3) is 0.833. The summed E-state index contributed by atoms with van der Waals surface area (Å²) in [5.74, 6) is -1.30. The highest BCUT2D eigenvalue weighted by atomic mass is 32.2. The summed E-state index contributed by atoms with van der Waals surface area (Å²) in [5, 5.41) is 1.70. The van der Waals surface area contributed by atoms with E-state index < -0.39 is 27.2 Å². The molecule has 0 saturated heterocycles. The molecular formula is C12H22N2O5S. The number of amides is 1. The van der Waals surface area contributed by atoms with Crippen molar-refractivity contribution in [2.75, 3.05) is 27.7 Å². The summed E-state index contributed by atoms with van der Waals surface area (Å²) in [4.78, 5) is 22.8. The van der Waals surface area contributed by atoms with Crippen LogP contribution in [0.5, 0.6) is 0 Å². The van der Waals surface area contributed by atoms with Gasteiger partial charge in [0.05, 0.1) is 18.3 Å². The van der Waals surface area contributed by atoms with Crippen molar-refractivity contribution >= 4 is 21.9 Å². The highest BCUT2D eigenvalue weighted by molar-refractivity contribution is 7.89. The number of carbonyl (C=O) groups is 2. The van der Waals surface area contributed by atoms with Crippen LogP contribution in [0.25, 0.3) is 0 Å². The third-order valence-corrected chi connectivity index (χ3v) is 6.09. The van der Waals surface area contributed by atoms with Gasteiger partial charge in [-0.2, -0.15) is 0 Å². The van der Waals surface area contributed by atoms with Crippen LogP contribution >= 0.6 is 0 Å². The van der Waals surface area contributed by atoms with Crippen molar-refractivity contribution in [1.29, 1.82) is 0 Å². The number of methoxy groups -OCH3 is 1. The van der Waals surface area contributed by atoms with Gasteiger partial charge >= 0.3 is 5.97 Å². The maximum atomic E-state index is 12.5. The predicted octanol–water partition coefficient (Wildman–Crippen LogP) is -0.274. The minimum atomic E-state index is -3.59. The van der Waals surface area contributed by atoms with E-state index in [-0.39, 0.29) is 18.9 Å². The zero-order valence-corrected chi connectivity index (χ0v) is 12.9. The Morgan fingerprint density at radius 2 is 2.00 bits per heavy atom. The molecule has 7 nitrogen and oxygen atoms in total. The molecule has 1 N–H and O–H groups in total. The first-order chi connectivity index (χ1) is 9.34. The molecule has 2 unspecified atom stereocenters. The van der Waals surface area contributed by atoms with Gasteiger partial charge in [-0.3, -0.25) is 9.59 Å². The zero-order chi connectivity index (χ0) is 15.3. The Morgan fingerprint density at radius 1 is 1.35 bits per heavy atom. The van der Waals surface area contributed by atoms with Crippen LogP contribution in [0.4, 0.5) is 0 Å². The number of hydrogen-bond acceptors (Lipinski definition) is 5. The van der Waals surface area contributed by atoms with E-state index in [0.717, 1.165) is 4.31 Å². The summed E-state index contributed by atoms with van der Waals surface area (Å²) >= 11 is 0. The van der Waals surface area contributed by atoms with E-state index in [2.05, 4.69) is 10.1 Å². The van der Waals surface area contributed by atoms with Crippen LogP contribution in [0.3, 0.4) is 0 Å². The molecule has 1 fully saturated rings. The maximum absolute atomic E-state index is 12.5. The minimum Gasteiger partial charge on any atom is -0.469 e. The molecule has 1 saturated carbocycles. The van der Waals surface area contributed by atoms with Crippen molar-refractivity contribution in [2.45, 2.75) is 30.9 Å². The molecule has 116 valence electrons. The van der Waals surface area contributed by atoms with Crippen LogP contribution in [0.2, 0.25) is 0 Å². The standard InChI is InChI=1S/C12H22N2O5S/c1-13-11(15)7-8-14(2)20(17,18)10-6-4-5-9(10)12(16)19-3/h9-10H,4-8H2,1-3H3,(H,13,15). The fourth-order valence-electron chi connectivity index (χ4n) is 2.45. The van der Waals surface area contributed by atoms with Crippen LogP contribution in [-0.4, -0.2) is 57.6 Å². The fourth-order valence-corrected chi connectivity index (χ4v) is 4.38. The van der Waals surface area contributed by atoms with Crippen LogP contribution in [0.1, 0.15) is 25.7 Å². The monoisotopic (exact) mass is 306 g/mol. The average Bonchev–Trinajstić information content (AvgIpc) is 2.93. The van der Waals surface area contributed by atoms with Gasteiger partial charge in [-0.25, -0.2) is 12.7 Å². The van der Waals surface area contributed by atoms with Crippen molar-refractivity contribution < 1.29 is 22.7 Å². The molecule has 0 aromatic rings. The molecule has 0 heterocycles. The Morgan fingerprint density at radius 3 is 2.55 bits per heavy atom. The Labute approximate surface area is 119 Å². The van der Waals surface area contributed by atoms with Gasteiger partial charge in [0.15, 0.2) is 0 Å². The molecule has 0 radical (unpaired) electrons. The molecular weight excluding hydrogens is 284 g/mol. The van der Waals surface area contributed by atoms with Crippen LogP contribution in [0, 0.1) is 5.92 Å². The Balaban J connectivity index is 2.76. The van der Waals surface area contributed by atoms with Crippen molar-refractivity contribution in [3.63, 3.8) is 0 Å². The van der Waals surface area contributed by atoms with Gasteiger partial charge in [0.1, 0.15) is 0 Å². The number of nitrogens with zero attached hydrogens (tertiary/aromatic N) is 1. The van der Waals surface area contributed by atoms with E-state index in [9.17, 15) is 18.0 Å². The summed E-state index contributed by atoms with van der Waals surface area (Å²) in [5.41, 5.74) is 0. The summed E-state index contributed by atoms with van der Waals surface area (Å²) in [6.45, 7) is 0.104. The van der Waals surface area contributed by atoms with Gasteiger partial charge in [0.25, 0.3) is 0 Å². The van der Waals surface area contributed by atoms with Gasteiger partial charge in [-0.1, -0.05) is 6.42 Å². The van der Waals surface area contributed by atoms with Gasteiger partial charge < -0.3 is 10.1 Å². The molecule has 0 aliphatic heterocycles. The van der Waals surface area contributed by atoms with Gasteiger partial charge in [-0.15, -0.1) is 0 Å². The molecule has 1 aliphatic rings. The van der Waals surface area contributed by atoms with Gasteiger partial charge in [0, 0.05) is 27.1 Å². The lowest BCUT2D eigenvalue weighted by Crippen LogP contribution is -2.41. The second-order valence-electron chi connectivity index (χ2n) is 4.89. The Hall–Kier alpha value is -1.15. The van der Waals surface area contributed by atoms with E-state index in [1.165, 1.54) is 21.2 Å². The van der Waals surface area contributed by atoms with E-state index in [1.54, 1.807) is 0 Å². The largest absolute Gasteiger partial charge is 0.469 e. The molecule has 1 amide bonds. The van der Waals surface area contributed by atoms with Crippen molar-refractivity contribution in [1.82, 2.24) is 9.62 Å². The quantitative estimate of drug-likeness (QED) is 0.682. The minimum absolute atomic E-state index is 0.0990. The van der Waals surface area contributed by atoms with Crippen LogP contribution < -0.4 is 5.32 Å². The molecule has 20 heavy (non-hydrogen) atoms. The van der Waals surface area contributed by atoms with E-state index in [0.29, 0.717) is 19.3 Å². The number of rotatable bonds is 6. The predicted molar refractivity (Wildman–Crippen MR) is 73.4 cm³/mol. The first-order valence-corrected chi connectivity index (χ1v) is 8.08. The van der Waals surface area contributed by atoms with Gasteiger partial charge in [-0.05, 0) is 12.8 Å². The number of nitrogens with one attached hydrogen (secondary N) is 1. The highest BCUT2D eigenvalue weighted by Crippen LogP contribution is 2.33. The number of carbonyl (C=O) groups excluding carboxylic acids is 2. The SMILES string of the molecule is CNC(=O)CCN(C)S(=O)(=O)C1CCCC1C(=O)OC. The molecule has 0 spiro atoms. The number of sulfonamides is 1. The third-order valence-electron chi connectivity index (χ3n) is 3.71. The lowest BCUT2D eigenvalue weighted by Gasteiger charge is -2.24. The molecule has 1 aliphatic carbocycles. The molecule has 1 rings (SSSR count). The first kappa shape index (κ1) is 16.9. The van der Waals surface area contributed by atoms with Crippen molar-refractivity contribution in [3.8, 4) is 0 Å². The molecule has 0 aromatic carbocycles. The smallest absolute Gasteiger partial charge is 0.310 e. The molecule has 2 atom stereocenters. The van der Waals surface area contributed by atoms with Crippen LogP contribution in [-0.2, 0) is 24.3 Å². The highest BCUT2D eigenvalue weighted by Gasteiger charge is 2.43. The Kier molecular flexibility index (Phi) is 5.94. The van der Waals surface area contributed by atoms with Gasteiger partial charge in [0.2, 0.25) is 15.9 Å². The van der Waals surface area contributed by atoms with Crippen molar-refractivity contribution in [3.05, 3.63) is 0 Å². The number of hydrogen-bond donors (Lipinski definition) is 1. The summed E-state index contributed by atoms with van der Waals surface area (Å²) < 4.78 is 30.7. The van der Waals surface area contributed by atoms with E-state index >= 15 is 0 Å². The number of ether oxygens (including phenoxy) is 1. The summed E-state index contributed by atoms with van der Waals surface area (Å²) in [6, 6.07) is 0.